The summed E-state index contributed by atoms with van der Waals surface area (Å²) in [5.41, 5.74) is 1.40. The van der Waals surface area contributed by atoms with Crippen LogP contribution in [0.1, 0.15) is 20.8 Å². The van der Waals surface area contributed by atoms with Crippen LogP contribution in [-0.2, 0) is 4.74 Å². The molecular formula is C18H25N5O2S. The lowest BCUT2D eigenvalue weighted by molar-refractivity contribution is 0.0240. The predicted molar refractivity (Wildman–Crippen MR) is 106 cm³/mol. The Bertz CT molecular complexity index is 683. The summed E-state index contributed by atoms with van der Waals surface area (Å²) in [6.07, 6.45) is 3.49. The highest BCUT2D eigenvalue weighted by molar-refractivity contribution is 8.13. The van der Waals surface area contributed by atoms with E-state index in [0.717, 1.165) is 24.5 Å². The van der Waals surface area contributed by atoms with Gasteiger partial charge in [-0.25, -0.2) is 9.79 Å². The van der Waals surface area contributed by atoms with Crippen LogP contribution < -0.4 is 10.2 Å². The van der Waals surface area contributed by atoms with Gasteiger partial charge in [-0.3, -0.25) is 5.32 Å². The Morgan fingerprint density at radius 2 is 1.85 bits per heavy atom. The number of hydrogen-bond donors (Lipinski definition) is 1. The molecule has 8 heteroatoms. The Hall–Kier alpha value is -2.40. The van der Waals surface area contributed by atoms with E-state index in [1.165, 1.54) is 11.8 Å². The summed E-state index contributed by atoms with van der Waals surface area (Å²) in [6, 6.07) is 7.86. The van der Waals surface area contributed by atoms with E-state index in [9.17, 15) is 4.79 Å². The van der Waals surface area contributed by atoms with Gasteiger partial charge in [0.25, 0.3) is 0 Å². The Morgan fingerprint density at radius 3 is 2.35 bits per heavy atom. The van der Waals surface area contributed by atoms with Crippen molar-refractivity contribution in [3.8, 4) is 6.19 Å². The van der Waals surface area contributed by atoms with Crippen LogP contribution in [0.5, 0.6) is 0 Å². The topological polar surface area (TPSA) is 81.0 Å². The summed E-state index contributed by atoms with van der Waals surface area (Å²) in [5.74, 6) is 0. The number of amidine groups is 1. The van der Waals surface area contributed by atoms with Gasteiger partial charge in [0.05, 0.1) is 5.69 Å². The standard InChI is InChI=1S/C18H25N5O2S/c1-18(2,3)25-17(24)23-11-9-22(10-12-23)15-7-5-14(6-8-15)21-16(26-4)20-13-19/h5-8H,9-12H2,1-4H3,(H,20,21). The number of piperazine rings is 1. The average molecular weight is 375 g/mol. The van der Waals surface area contributed by atoms with Gasteiger partial charge in [0, 0.05) is 31.9 Å². The highest BCUT2D eigenvalue weighted by Gasteiger charge is 2.25. The van der Waals surface area contributed by atoms with Gasteiger partial charge in [0.15, 0.2) is 11.4 Å². The van der Waals surface area contributed by atoms with E-state index in [0.29, 0.717) is 18.3 Å². The van der Waals surface area contributed by atoms with Gasteiger partial charge in [-0.1, -0.05) is 11.8 Å². The Kier molecular flexibility index (Phi) is 6.75. The number of hydrogen-bond acceptors (Lipinski definition) is 6. The molecule has 0 spiro atoms. The number of nitriles is 1. The highest BCUT2D eigenvalue weighted by Crippen LogP contribution is 2.22. The number of nitrogens with zero attached hydrogens (tertiary/aromatic N) is 4. The number of thioether (sulfide) groups is 1. The molecule has 26 heavy (non-hydrogen) atoms. The van der Waals surface area contributed by atoms with Crippen molar-refractivity contribution in [2.45, 2.75) is 26.4 Å². The fourth-order valence-corrected chi connectivity index (χ4v) is 2.85. The van der Waals surface area contributed by atoms with E-state index in [1.807, 2.05) is 57.5 Å². The summed E-state index contributed by atoms with van der Waals surface area (Å²) in [6.45, 7) is 8.41. The molecule has 2 rings (SSSR count). The SMILES string of the molecule is CSC(=Nc1ccc(N2CCN(C(=O)OC(C)(C)C)CC2)cc1)NC#N. The van der Waals surface area contributed by atoms with Crippen LogP contribution in [0.4, 0.5) is 16.2 Å². The first-order chi connectivity index (χ1) is 12.3. The second-order valence-corrected chi connectivity index (χ2v) is 7.62. The third-order valence-corrected chi connectivity index (χ3v) is 4.31. The second kappa shape index (κ2) is 8.81. The lowest BCUT2D eigenvalue weighted by Gasteiger charge is -2.36. The first-order valence-electron chi connectivity index (χ1n) is 8.43. The first kappa shape index (κ1) is 19.9. The van der Waals surface area contributed by atoms with Gasteiger partial charge >= 0.3 is 6.09 Å². The molecule has 140 valence electrons. The summed E-state index contributed by atoms with van der Waals surface area (Å²) >= 11 is 1.38. The third kappa shape index (κ3) is 5.85. The molecule has 1 aliphatic heterocycles. The quantitative estimate of drug-likeness (QED) is 0.370. The number of benzene rings is 1. The number of aliphatic imine (C=N–C) groups is 1. The Labute approximate surface area is 159 Å². The molecule has 1 fully saturated rings. The van der Waals surface area contributed by atoms with Crippen LogP contribution in [0.2, 0.25) is 0 Å². The van der Waals surface area contributed by atoms with Crippen molar-refractivity contribution in [1.29, 1.82) is 5.26 Å². The van der Waals surface area contributed by atoms with Gasteiger partial charge < -0.3 is 14.5 Å². The summed E-state index contributed by atoms with van der Waals surface area (Å²) in [4.78, 5) is 20.5. The maximum Gasteiger partial charge on any atom is 0.410 e. The maximum atomic E-state index is 12.1. The molecule has 0 aliphatic carbocycles. The van der Waals surface area contributed by atoms with Gasteiger partial charge in [-0.15, -0.1) is 0 Å². The molecular weight excluding hydrogens is 350 g/mol. The van der Waals surface area contributed by atoms with E-state index in [1.54, 1.807) is 4.90 Å². The molecule has 1 aromatic carbocycles. The lowest BCUT2D eigenvalue weighted by atomic mass is 10.2. The minimum Gasteiger partial charge on any atom is -0.444 e. The summed E-state index contributed by atoms with van der Waals surface area (Å²) < 4.78 is 5.42. The monoisotopic (exact) mass is 375 g/mol. The van der Waals surface area contributed by atoms with E-state index < -0.39 is 5.60 Å². The summed E-state index contributed by atoms with van der Waals surface area (Å²) in [7, 11) is 0. The lowest BCUT2D eigenvalue weighted by Crippen LogP contribution is -2.50. The van der Waals surface area contributed by atoms with E-state index >= 15 is 0 Å². The molecule has 0 unspecified atom stereocenters. The van der Waals surface area contributed by atoms with E-state index in [-0.39, 0.29) is 6.09 Å². The maximum absolute atomic E-state index is 12.1. The van der Waals surface area contributed by atoms with Gasteiger partial charge in [0.1, 0.15) is 5.60 Å². The van der Waals surface area contributed by atoms with Crippen LogP contribution in [0.25, 0.3) is 0 Å². The van der Waals surface area contributed by atoms with Crippen LogP contribution >= 0.6 is 11.8 Å². The summed E-state index contributed by atoms with van der Waals surface area (Å²) in [5, 5.41) is 11.8. The predicted octanol–water partition coefficient (Wildman–Crippen LogP) is 3.16. The fourth-order valence-electron chi connectivity index (χ4n) is 2.50. The fraction of sp³-hybridized carbons (Fsp3) is 0.500. The molecule has 0 atom stereocenters. The van der Waals surface area contributed by atoms with Gasteiger partial charge in [0.2, 0.25) is 0 Å². The molecule has 1 heterocycles. The number of nitrogens with one attached hydrogen (secondary N) is 1. The molecule has 1 saturated heterocycles. The molecule has 0 bridgehead atoms. The first-order valence-corrected chi connectivity index (χ1v) is 9.65. The molecule has 1 N–H and O–H groups in total. The number of rotatable bonds is 2. The van der Waals surface area contributed by atoms with Crippen LogP contribution in [0.15, 0.2) is 29.3 Å². The highest BCUT2D eigenvalue weighted by atomic mass is 32.2. The zero-order valence-corrected chi connectivity index (χ0v) is 16.5. The zero-order chi connectivity index (χ0) is 19.2. The Balaban J connectivity index is 1.94. The van der Waals surface area contributed by atoms with Crippen molar-refractivity contribution >= 4 is 34.4 Å². The van der Waals surface area contributed by atoms with Crippen molar-refractivity contribution < 1.29 is 9.53 Å². The van der Waals surface area contributed by atoms with Crippen molar-refractivity contribution in [3.05, 3.63) is 24.3 Å². The molecule has 1 aliphatic rings. The van der Waals surface area contributed by atoms with Crippen LogP contribution in [0.3, 0.4) is 0 Å². The Morgan fingerprint density at radius 1 is 1.23 bits per heavy atom. The van der Waals surface area contributed by atoms with Crippen molar-refractivity contribution in [3.63, 3.8) is 0 Å². The van der Waals surface area contributed by atoms with Crippen molar-refractivity contribution in [2.24, 2.45) is 4.99 Å². The smallest absolute Gasteiger partial charge is 0.410 e. The number of amides is 1. The second-order valence-electron chi connectivity index (χ2n) is 6.83. The van der Waals surface area contributed by atoms with E-state index in [2.05, 4.69) is 15.2 Å². The number of carbonyl (C=O) groups excluding carboxylic acids is 1. The largest absolute Gasteiger partial charge is 0.444 e. The molecule has 7 nitrogen and oxygen atoms in total. The van der Waals surface area contributed by atoms with Crippen molar-refractivity contribution in [1.82, 2.24) is 10.2 Å². The number of anilines is 1. The minimum absolute atomic E-state index is 0.253. The normalized spacial score (nSPS) is 15.4. The van der Waals surface area contributed by atoms with E-state index in [4.69, 9.17) is 10.00 Å². The molecule has 0 radical (unpaired) electrons. The molecule has 1 aromatic rings. The molecule has 1 amide bonds. The number of carbonyl (C=O) groups is 1. The van der Waals surface area contributed by atoms with Gasteiger partial charge in [-0.05, 0) is 51.3 Å². The molecule has 0 saturated carbocycles. The van der Waals surface area contributed by atoms with Crippen LogP contribution in [-0.4, -0.2) is 54.2 Å². The molecule has 0 aromatic heterocycles. The van der Waals surface area contributed by atoms with Gasteiger partial charge in [-0.2, -0.15) is 5.26 Å². The minimum atomic E-state index is -0.472. The zero-order valence-electron chi connectivity index (χ0n) is 15.7. The average Bonchev–Trinajstić information content (AvgIpc) is 2.60. The van der Waals surface area contributed by atoms with Crippen LogP contribution in [0, 0.1) is 11.5 Å². The third-order valence-electron chi connectivity index (χ3n) is 3.73. The van der Waals surface area contributed by atoms with Crippen molar-refractivity contribution in [2.75, 3.05) is 37.3 Å². The number of ether oxygens (including phenoxy) is 1.